The maximum atomic E-state index is 11.9. The Labute approximate surface area is 121 Å². The molecule has 0 unspecified atom stereocenters. The number of amides is 1. The van der Waals surface area contributed by atoms with E-state index in [9.17, 15) is 9.59 Å². The van der Waals surface area contributed by atoms with Gasteiger partial charge in [-0.15, -0.1) is 18.3 Å². The van der Waals surface area contributed by atoms with Gasteiger partial charge in [0.2, 0.25) is 5.91 Å². The van der Waals surface area contributed by atoms with Gasteiger partial charge in [-0.2, -0.15) is 0 Å². The summed E-state index contributed by atoms with van der Waals surface area (Å²) in [5.74, 6) is -1.16. The van der Waals surface area contributed by atoms with Crippen LogP contribution in [0.1, 0.15) is 0 Å². The molecule has 0 aliphatic carbocycles. The van der Waals surface area contributed by atoms with Crippen LogP contribution in [-0.4, -0.2) is 40.7 Å². The van der Waals surface area contributed by atoms with E-state index >= 15 is 0 Å². The molecule has 102 valence electrons. The van der Waals surface area contributed by atoms with E-state index < -0.39 is 5.97 Å². The molecule has 0 bridgehead atoms. The topological polar surface area (TPSA) is 57.6 Å². The van der Waals surface area contributed by atoms with Crippen LogP contribution in [0.4, 0.5) is 0 Å². The Hall–Kier alpha value is -1.46. The van der Waals surface area contributed by atoms with Gasteiger partial charge >= 0.3 is 5.97 Å². The van der Waals surface area contributed by atoms with E-state index in [-0.39, 0.29) is 24.7 Å². The van der Waals surface area contributed by atoms with Crippen LogP contribution >= 0.6 is 23.4 Å². The van der Waals surface area contributed by atoms with Crippen LogP contribution in [0, 0.1) is 0 Å². The van der Waals surface area contributed by atoms with Crippen molar-refractivity contribution < 1.29 is 14.7 Å². The maximum absolute atomic E-state index is 11.9. The van der Waals surface area contributed by atoms with Crippen molar-refractivity contribution in [2.75, 3.05) is 18.8 Å². The molecule has 1 N–H and O–H groups in total. The number of aliphatic carboxylic acids is 1. The first-order valence-electron chi connectivity index (χ1n) is 5.52. The molecule has 0 fully saturated rings. The third-order valence-electron chi connectivity index (χ3n) is 2.22. The maximum Gasteiger partial charge on any atom is 0.323 e. The number of hydrogen-bond donors (Lipinski definition) is 1. The molecule has 0 aromatic heterocycles. The van der Waals surface area contributed by atoms with Gasteiger partial charge in [-0.05, 0) is 12.1 Å². The molecule has 19 heavy (non-hydrogen) atoms. The van der Waals surface area contributed by atoms with Gasteiger partial charge in [0, 0.05) is 11.4 Å². The number of carboxylic acids is 1. The standard InChI is InChI=1S/C13H14ClNO3S/c1-2-7-15(8-13(17)18)12(16)9-19-11-6-4-3-5-10(11)14/h2-6H,1,7-9H2,(H,17,18). The average molecular weight is 300 g/mol. The fourth-order valence-corrected chi connectivity index (χ4v) is 2.51. The smallest absolute Gasteiger partial charge is 0.323 e. The lowest BCUT2D eigenvalue weighted by atomic mass is 10.4. The number of carbonyl (C=O) groups is 2. The molecular weight excluding hydrogens is 286 g/mol. The minimum absolute atomic E-state index is 0.144. The summed E-state index contributed by atoms with van der Waals surface area (Å²) < 4.78 is 0. The predicted octanol–water partition coefficient (Wildman–Crippen LogP) is 2.53. The number of nitrogens with zero attached hydrogens (tertiary/aromatic N) is 1. The van der Waals surface area contributed by atoms with Crippen LogP contribution in [0.15, 0.2) is 41.8 Å². The number of carbonyl (C=O) groups excluding carboxylic acids is 1. The highest BCUT2D eigenvalue weighted by Crippen LogP contribution is 2.26. The van der Waals surface area contributed by atoms with E-state index in [1.165, 1.54) is 22.7 Å². The van der Waals surface area contributed by atoms with Gasteiger partial charge in [0.1, 0.15) is 6.54 Å². The molecule has 0 saturated carbocycles. The quantitative estimate of drug-likeness (QED) is 0.621. The number of halogens is 1. The Bertz CT molecular complexity index is 479. The molecule has 4 nitrogen and oxygen atoms in total. The lowest BCUT2D eigenvalue weighted by Crippen LogP contribution is -2.36. The van der Waals surface area contributed by atoms with Gasteiger partial charge in [0.25, 0.3) is 0 Å². The second kappa shape index (κ2) is 7.86. The van der Waals surface area contributed by atoms with Gasteiger partial charge in [-0.1, -0.05) is 29.8 Å². The van der Waals surface area contributed by atoms with Gasteiger partial charge < -0.3 is 10.0 Å². The van der Waals surface area contributed by atoms with Crippen molar-refractivity contribution in [1.82, 2.24) is 4.90 Å². The van der Waals surface area contributed by atoms with Crippen molar-refractivity contribution in [1.29, 1.82) is 0 Å². The highest BCUT2D eigenvalue weighted by Gasteiger charge is 2.15. The van der Waals surface area contributed by atoms with Crippen molar-refractivity contribution in [2.24, 2.45) is 0 Å². The Morgan fingerprint density at radius 1 is 1.42 bits per heavy atom. The second-order valence-electron chi connectivity index (χ2n) is 3.68. The van der Waals surface area contributed by atoms with E-state index in [2.05, 4.69) is 6.58 Å². The molecule has 0 saturated heterocycles. The zero-order valence-electron chi connectivity index (χ0n) is 10.2. The van der Waals surface area contributed by atoms with Crippen LogP contribution in [0.25, 0.3) is 0 Å². The Morgan fingerprint density at radius 2 is 2.11 bits per heavy atom. The molecule has 1 amide bonds. The first-order valence-corrected chi connectivity index (χ1v) is 6.88. The van der Waals surface area contributed by atoms with Crippen LogP contribution < -0.4 is 0 Å². The van der Waals surface area contributed by atoms with Crippen molar-refractivity contribution in [2.45, 2.75) is 4.90 Å². The molecule has 0 spiro atoms. The molecule has 0 heterocycles. The number of rotatable bonds is 7. The second-order valence-corrected chi connectivity index (χ2v) is 5.10. The SMILES string of the molecule is C=CCN(CC(=O)O)C(=O)CSc1ccccc1Cl. The minimum Gasteiger partial charge on any atom is -0.480 e. The van der Waals surface area contributed by atoms with Gasteiger partial charge in [0.15, 0.2) is 0 Å². The van der Waals surface area contributed by atoms with E-state index in [4.69, 9.17) is 16.7 Å². The summed E-state index contributed by atoms with van der Waals surface area (Å²) in [6.07, 6.45) is 1.50. The molecule has 0 aliphatic heterocycles. The van der Waals surface area contributed by atoms with Crippen LogP contribution in [0.5, 0.6) is 0 Å². The minimum atomic E-state index is -1.04. The van der Waals surface area contributed by atoms with E-state index in [1.807, 2.05) is 18.2 Å². The summed E-state index contributed by atoms with van der Waals surface area (Å²) >= 11 is 7.26. The number of thioether (sulfide) groups is 1. The van der Waals surface area contributed by atoms with Crippen LogP contribution in [-0.2, 0) is 9.59 Å². The molecule has 1 aromatic carbocycles. The molecule has 1 aromatic rings. The van der Waals surface area contributed by atoms with Crippen LogP contribution in [0.3, 0.4) is 0 Å². The van der Waals surface area contributed by atoms with E-state index in [0.717, 1.165) is 4.90 Å². The first-order chi connectivity index (χ1) is 9.04. The van der Waals surface area contributed by atoms with Crippen molar-refractivity contribution in [3.63, 3.8) is 0 Å². The third-order valence-corrected chi connectivity index (χ3v) is 3.72. The van der Waals surface area contributed by atoms with E-state index in [0.29, 0.717) is 5.02 Å². The predicted molar refractivity (Wildman–Crippen MR) is 76.6 cm³/mol. The first kappa shape index (κ1) is 15.6. The van der Waals surface area contributed by atoms with Gasteiger partial charge in [-0.25, -0.2) is 0 Å². The van der Waals surface area contributed by atoms with Gasteiger partial charge in [-0.3, -0.25) is 9.59 Å². The lowest BCUT2D eigenvalue weighted by Gasteiger charge is -2.18. The highest BCUT2D eigenvalue weighted by molar-refractivity contribution is 8.00. The monoisotopic (exact) mass is 299 g/mol. The summed E-state index contributed by atoms with van der Waals surface area (Å²) in [4.78, 5) is 24.6. The van der Waals surface area contributed by atoms with Gasteiger partial charge in [0.05, 0.1) is 10.8 Å². The molecule has 0 radical (unpaired) electrons. The average Bonchev–Trinajstić information content (AvgIpc) is 2.36. The number of benzene rings is 1. The molecule has 1 rings (SSSR count). The normalized spacial score (nSPS) is 9.95. The fraction of sp³-hybridized carbons (Fsp3) is 0.231. The fourth-order valence-electron chi connectivity index (χ4n) is 1.37. The van der Waals surface area contributed by atoms with Crippen molar-refractivity contribution >= 4 is 35.2 Å². The molecule has 6 heteroatoms. The van der Waals surface area contributed by atoms with Crippen LogP contribution in [0.2, 0.25) is 5.02 Å². The Morgan fingerprint density at radius 3 is 2.68 bits per heavy atom. The molecular formula is C13H14ClNO3S. The third kappa shape index (κ3) is 5.36. The largest absolute Gasteiger partial charge is 0.480 e. The summed E-state index contributed by atoms with van der Waals surface area (Å²) in [5, 5.41) is 9.31. The van der Waals surface area contributed by atoms with E-state index in [1.54, 1.807) is 6.07 Å². The summed E-state index contributed by atoms with van der Waals surface area (Å²) in [5.41, 5.74) is 0. The molecule has 0 atom stereocenters. The van der Waals surface area contributed by atoms with Crippen molar-refractivity contribution in [3.8, 4) is 0 Å². The lowest BCUT2D eigenvalue weighted by molar-refractivity contribution is -0.143. The van der Waals surface area contributed by atoms with Crippen molar-refractivity contribution in [3.05, 3.63) is 41.9 Å². The summed E-state index contributed by atoms with van der Waals surface area (Å²) in [7, 11) is 0. The highest BCUT2D eigenvalue weighted by atomic mass is 35.5. The number of carboxylic acid groups (broad SMARTS) is 1. The summed E-state index contributed by atoms with van der Waals surface area (Å²) in [6.45, 7) is 3.40. The molecule has 0 aliphatic rings. The zero-order chi connectivity index (χ0) is 14.3. The summed E-state index contributed by atoms with van der Waals surface area (Å²) in [6, 6.07) is 7.20. The number of hydrogen-bond acceptors (Lipinski definition) is 3. The zero-order valence-corrected chi connectivity index (χ0v) is 11.8. The Balaban J connectivity index is 2.59. The Kier molecular flexibility index (Phi) is 6.45.